The van der Waals surface area contributed by atoms with Gasteiger partial charge >= 0.3 is 0 Å². The zero-order valence-corrected chi connectivity index (χ0v) is 11.4. The second-order valence-electron chi connectivity index (χ2n) is 4.16. The number of pyridine rings is 1. The molecule has 0 saturated carbocycles. The molecule has 0 aliphatic rings. The zero-order valence-electron chi connectivity index (χ0n) is 10.7. The molecular weight excluding hydrogens is 274 g/mol. The van der Waals surface area contributed by atoms with Gasteiger partial charge in [-0.05, 0) is 11.6 Å². The first-order valence-electron chi connectivity index (χ1n) is 6.02. The van der Waals surface area contributed by atoms with Gasteiger partial charge in [0, 0.05) is 18.9 Å². The molecule has 0 radical (unpaired) electrons. The molecule has 1 heterocycles. The van der Waals surface area contributed by atoms with Crippen molar-refractivity contribution in [1.29, 1.82) is 5.26 Å². The largest absolute Gasteiger partial charge is 0.321 e. The van der Waals surface area contributed by atoms with Gasteiger partial charge in [-0.25, -0.2) is 0 Å². The van der Waals surface area contributed by atoms with Crippen molar-refractivity contribution in [2.75, 3.05) is 6.54 Å². The van der Waals surface area contributed by atoms with Gasteiger partial charge in [-0.15, -0.1) is 0 Å². The van der Waals surface area contributed by atoms with Crippen molar-refractivity contribution in [1.82, 2.24) is 9.88 Å². The highest BCUT2D eigenvalue weighted by molar-refractivity contribution is 6.33. The minimum atomic E-state index is -0.298. The molecule has 100 valence electrons. The average molecular weight is 286 g/mol. The summed E-state index contributed by atoms with van der Waals surface area (Å²) in [5.74, 6) is -0.298. The Bertz CT molecular complexity index is 637. The summed E-state index contributed by atoms with van der Waals surface area (Å²) >= 11 is 6.00. The van der Waals surface area contributed by atoms with Crippen LogP contribution in [0, 0.1) is 11.3 Å². The van der Waals surface area contributed by atoms with Crippen LogP contribution in [0.1, 0.15) is 15.9 Å². The van der Waals surface area contributed by atoms with Gasteiger partial charge < -0.3 is 4.90 Å². The first-order chi connectivity index (χ1) is 9.72. The van der Waals surface area contributed by atoms with Crippen LogP contribution in [0.15, 0.2) is 48.8 Å². The summed E-state index contributed by atoms with van der Waals surface area (Å²) in [5.41, 5.74) is 1.26. The topological polar surface area (TPSA) is 57.0 Å². The molecule has 5 heteroatoms. The average Bonchev–Trinajstić information content (AvgIpc) is 2.48. The van der Waals surface area contributed by atoms with Crippen LogP contribution in [-0.2, 0) is 6.54 Å². The second-order valence-corrected chi connectivity index (χ2v) is 4.57. The van der Waals surface area contributed by atoms with Crippen molar-refractivity contribution in [2.24, 2.45) is 0 Å². The molecule has 1 aromatic carbocycles. The third kappa shape index (κ3) is 3.34. The highest BCUT2D eigenvalue weighted by Gasteiger charge is 2.18. The van der Waals surface area contributed by atoms with Crippen LogP contribution in [0.4, 0.5) is 0 Å². The van der Waals surface area contributed by atoms with E-state index in [1.54, 1.807) is 6.07 Å². The Morgan fingerprint density at radius 1 is 1.30 bits per heavy atom. The van der Waals surface area contributed by atoms with Gasteiger partial charge in [0.15, 0.2) is 0 Å². The number of amides is 1. The van der Waals surface area contributed by atoms with E-state index < -0.39 is 0 Å². The number of rotatable bonds is 4. The maximum Gasteiger partial charge on any atom is 0.258 e. The highest BCUT2D eigenvalue weighted by atomic mass is 35.5. The molecule has 0 bridgehead atoms. The fourth-order valence-corrected chi connectivity index (χ4v) is 1.98. The molecule has 20 heavy (non-hydrogen) atoms. The molecular formula is C15H12ClN3O. The summed E-state index contributed by atoms with van der Waals surface area (Å²) < 4.78 is 0. The fourth-order valence-electron chi connectivity index (χ4n) is 1.79. The van der Waals surface area contributed by atoms with Crippen molar-refractivity contribution >= 4 is 17.5 Å². The minimum absolute atomic E-state index is 0.00104. The third-order valence-corrected chi connectivity index (χ3v) is 3.09. The Morgan fingerprint density at radius 3 is 2.70 bits per heavy atom. The SMILES string of the molecule is N#CCN(Cc1ccccc1)C(=O)c1cnccc1Cl. The van der Waals surface area contributed by atoms with Crippen LogP contribution < -0.4 is 0 Å². The second kappa shape index (κ2) is 6.69. The van der Waals surface area contributed by atoms with E-state index in [4.69, 9.17) is 16.9 Å². The molecule has 0 N–H and O–H groups in total. The molecule has 0 saturated heterocycles. The van der Waals surface area contributed by atoms with Crippen LogP contribution in [0.2, 0.25) is 5.02 Å². The van der Waals surface area contributed by atoms with Crippen LogP contribution >= 0.6 is 11.6 Å². The lowest BCUT2D eigenvalue weighted by atomic mass is 10.2. The standard InChI is InChI=1S/C15H12ClN3O/c16-14-6-8-18-10-13(14)15(20)19(9-7-17)11-12-4-2-1-3-5-12/h1-6,8,10H,9,11H2. The van der Waals surface area contributed by atoms with E-state index in [2.05, 4.69) is 4.98 Å². The van der Waals surface area contributed by atoms with E-state index in [0.29, 0.717) is 17.1 Å². The van der Waals surface area contributed by atoms with Crippen molar-refractivity contribution in [3.8, 4) is 6.07 Å². The number of hydrogen-bond acceptors (Lipinski definition) is 3. The third-order valence-electron chi connectivity index (χ3n) is 2.76. The quantitative estimate of drug-likeness (QED) is 0.812. The van der Waals surface area contributed by atoms with Crippen molar-refractivity contribution in [3.05, 3.63) is 64.9 Å². The zero-order chi connectivity index (χ0) is 14.4. The Hall–Kier alpha value is -2.38. The number of hydrogen-bond donors (Lipinski definition) is 0. The molecule has 0 atom stereocenters. The Balaban J connectivity index is 2.23. The molecule has 1 aromatic heterocycles. The van der Waals surface area contributed by atoms with Gasteiger partial charge in [0.05, 0.1) is 16.7 Å². The maximum atomic E-state index is 12.4. The lowest BCUT2D eigenvalue weighted by molar-refractivity contribution is 0.0764. The molecule has 2 aromatic rings. The van der Waals surface area contributed by atoms with E-state index in [1.165, 1.54) is 17.3 Å². The summed E-state index contributed by atoms with van der Waals surface area (Å²) in [6, 6.07) is 13.0. The van der Waals surface area contributed by atoms with Gasteiger partial charge in [-0.2, -0.15) is 5.26 Å². The number of benzene rings is 1. The summed E-state index contributed by atoms with van der Waals surface area (Å²) in [5, 5.41) is 9.22. The van der Waals surface area contributed by atoms with Crippen molar-refractivity contribution < 1.29 is 4.79 Å². The fraction of sp³-hybridized carbons (Fsp3) is 0.133. The highest BCUT2D eigenvalue weighted by Crippen LogP contribution is 2.17. The summed E-state index contributed by atoms with van der Waals surface area (Å²) in [7, 11) is 0. The van der Waals surface area contributed by atoms with Gasteiger partial charge in [0.25, 0.3) is 5.91 Å². The smallest absolute Gasteiger partial charge is 0.258 e. The molecule has 0 aliphatic heterocycles. The lowest BCUT2D eigenvalue weighted by Crippen LogP contribution is -2.31. The van der Waals surface area contributed by atoms with Gasteiger partial charge in [0.1, 0.15) is 6.54 Å². The van der Waals surface area contributed by atoms with E-state index >= 15 is 0 Å². The molecule has 0 aliphatic carbocycles. The monoisotopic (exact) mass is 285 g/mol. The maximum absolute atomic E-state index is 12.4. The van der Waals surface area contributed by atoms with Crippen LogP contribution in [0.5, 0.6) is 0 Å². The van der Waals surface area contributed by atoms with Gasteiger partial charge in [-0.1, -0.05) is 41.9 Å². The van der Waals surface area contributed by atoms with E-state index in [1.807, 2.05) is 36.4 Å². The summed E-state index contributed by atoms with van der Waals surface area (Å²) in [6.07, 6.45) is 2.94. The van der Waals surface area contributed by atoms with Crippen LogP contribution in [0.3, 0.4) is 0 Å². The predicted octanol–water partition coefficient (Wildman–Crippen LogP) is 2.90. The Labute approximate surface area is 122 Å². The van der Waals surface area contributed by atoms with Gasteiger partial charge in [-0.3, -0.25) is 9.78 Å². The van der Waals surface area contributed by atoms with Gasteiger partial charge in [0.2, 0.25) is 0 Å². The Kier molecular flexibility index (Phi) is 4.70. The first kappa shape index (κ1) is 14.0. The number of nitrogens with zero attached hydrogens (tertiary/aromatic N) is 3. The molecule has 4 nitrogen and oxygen atoms in total. The van der Waals surface area contributed by atoms with E-state index in [9.17, 15) is 4.79 Å². The Morgan fingerprint density at radius 2 is 2.05 bits per heavy atom. The molecule has 1 amide bonds. The van der Waals surface area contributed by atoms with Crippen LogP contribution in [-0.4, -0.2) is 22.3 Å². The number of carbonyl (C=O) groups excluding carboxylic acids is 1. The molecule has 2 rings (SSSR count). The molecule has 0 unspecified atom stereocenters. The summed E-state index contributed by atoms with van der Waals surface area (Å²) in [4.78, 5) is 17.8. The van der Waals surface area contributed by atoms with Crippen LogP contribution in [0.25, 0.3) is 0 Å². The van der Waals surface area contributed by atoms with Crippen molar-refractivity contribution in [2.45, 2.75) is 6.54 Å². The summed E-state index contributed by atoms with van der Waals surface area (Å²) in [6.45, 7) is 0.359. The predicted molar refractivity (Wildman–Crippen MR) is 76.0 cm³/mol. The van der Waals surface area contributed by atoms with E-state index in [-0.39, 0.29) is 12.5 Å². The first-order valence-corrected chi connectivity index (χ1v) is 6.40. The van der Waals surface area contributed by atoms with Crippen molar-refractivity contribution in [3.63, 3.8) is 0 Å². The normalized spacial score (nSPS) is 9.80. The number of nitriles is 1. The minimum Gasteiger partial charge on any atom is -0.321 e. The molecule has 0 spiro atoms. The number of carbonyl (C=O) groups is 1. The lowest BCUT2D eigenvalue weighted by Gasteiger charge is -2.20. The number of halogens is 1. The van der Waals surface area contributed by atoms with E-state index in [0.717, 1.165) is 5.56 Å². The molecule has 0 fully saturated rings. The number of aromatic nitrogens is 1.